The molecule has 1 aromatic carbocycles. The Morgan fingerprint density at radius 1 is 1.18 bits per heavy atom. The Morgan fingerprint density at radius 2 is 1.89 bits per heavy atom. The maximum Gasteiger partial charge on any atom is 0.243 e. The molecule has 1 aliphatic carbocycles. The third-order valence-electron chi connectivity index (χ3n) is 5.63. The lowest BCUT2D eigenvalue weighted by Crippen LogP contribution is -2.41. The number of nitrogens with one attached hydrogen (secondary N) is 1. The number of sulfonamides is 1. The van der Waals surface area contributed by atoms with E-state index in [0.717, 1.165) is 25.0 Å². The zero-order valence-electron chi connectivity index (χ0n) is 16.0. The largest absolute Gasteiger partial charge is 0.302 e. The van der Waals surface area contributed by atoms with Gasteiger partial charge in [0.15, 0.2) is 5.13 Å². The number of benzene rings is 1. The summed E-state index contributed by atoms with van der Waals surface area (Å²) >= 11 is 1.41. The minimum absolute atomic E-state index is 0.0693. The molecule has 0 spiro atoms. The molecule has 0 saturated carbocycles. The summed E-state index contributed by atoms with van der Waals surface area (Å²) in [5, 5.41) is 5.35. The van der Waals surface area contributed by atoms with E-state index in [1.54, 1.807) is 6.07 Å². The van der Waals surface area contributed by atoms with Crippen LogP contribution in [0.25, 0.3) is 0 Å². The van der Waals surface area contributed by atoms with E-state index in [9.17, 15) is 13.2 Å². The van der Waals surface area contributed by atoms with Crippen molar-refractivity contribution in [2.75, 3.05) is 18.4 Å². The van der Waals surface area contributed by atoms with Crippen LogP contribution in [-0.4, -0.2) is 36.7 Å². The van der Waals surface area contributed by atoms with Crippen molar-refractivity contribution >= 4 is 32.4 Å². The molecule has 1 saturated heterocycles. The van der Waals surface area contributed by atoms with Gasteiger partial charge in [0.05, 0.1) is 10.6 Å². The number of fused-ring (bicyclic) bond motifs is 1. The lowest BCUT2D eigenvalue weighted by atomic mass is 9.92. The van der Waals surface area contributed by atoms with Crippen LogP contribution in [0.2, 0.25) is 0 Å². The standard InChI is InChI=1S/C20H25N3O3S2/c1-14-13-27-20(21-14)22-19(24)16-8-10-23(11-9-16)28(25,26)18-7-6-15-4-2-3-5-17(15)12-18/h6-7,12-13,16H,2-5,8-11H2,1H3,(H,21,22,24). The highest BCUT2D eigenvalue weighted by Gasteiger charge is 2.32. The maximum atomic E-state index is 13.1. The maximum absolute atomic E-state index is 13.1. The van der Waals surface area contributed by atoms with E-state index >= 15 is 0 Å². The predicted octanol–water partition coefficient (Wildman–Crippen LogP) is 3.37. The van der Waals surface area contributed by atoms with E-state index < -0.39 is 10.0 Å². The molecule has 1 N–H and O–H groups in total. The van der Waals surface area contributed by atoms with Gasteiger partial charge in [-0.3, -0.25) is 4.79 Å². The summed E-state index contributed by atoms with van der Waals surface area (Å²) in [7, 11) is -3.51. The Balaban J connectivity index is 1.40. The zero-order valence-corrected chi connectivity index (χ0v) is 17.6. The summed E-state index contributed by atoms with van der Waals surface area (Å²) in [6, 6.07) is 5.56. The molecule has 2 aliphatic rings. The predicted molar refractivity (Wildman–Crippen MR) is 110 cm³/mol. The number of amides is 1. The van der Waals surface area contributed by atoms with Gasteiger partial charge in [-0.2, -0.15) is 4.31 Å². The normalized spacial score (nSPS) is 18.6. The van der Waals surface area contributed by atoms with Gasteiger partial charge in [0.25, 0.3) is 0 Å². The Labute approximate surface area is 170 Å². The smallest absolute Gasteiger partial charge is 0.243 e. The summed E-state index contributed by atoms with van der Waals surface area (Å²) in [6.45, 7) is 2.62. The number of rotatable bonds is 4. The first-order chi connectivity index (χ1) is 13.4. The molecule has 1 amide bonds. The van der Waals surface area contributed by atoms with Gasteiger partial charge in [-0.1, -0.05) is 6.07 Å². The number of hydrogen-bond acceptors (Lipinski definition) is 5. The van der Waals surface area contributed by atoms with E-state index in [2.05, 4.69) is 10.3 Å². The Morgan fingerprint density at radius 3 is 2.57 bits per heavy atom. The molecule has 0 radical (unpaired) electrons. The fraction of sp³-hybridized carbons (Fsp3) is 0.500. The molecule has 2 aromatic rings. The van der Waals surface area contributed by atoms with Crippen molar-refractivity contribution in [3.8, 4) is 0 Å². The van der Waals surface area contributed by atoms with Crippen LogP contribution in [0.1, 0.15) is 42.5 Å². The van der Waals surface area contributed by atoms with Gasteiger partial charge in [0, 0.05) is 24.4 Å². The highest BCUT2D eigenvalue weighted by molar-refractivity contribution is 7.89. The molecule has 6 nitrogen and oxygen atoms in total. The van der Waals surface area contributed by atoms with E-state index in [4.69, 9.17) is 0 Å². The number of anilines is 1. The number of aryl methyl sites for hydroxylation is 3. The number of hydrogen-bond donors (Lipinski definition) is 1. The summed E-state index contributed by atoms with van der Waals surface area (Å²) in [5.41, 5.74) is 3.32. The van der Waals surface area contributed by atoms with Crippen molar-refractivity contribution in [1.82, 2.24) is 9.29 Å². The van der Waals surface area contributed by atoms with Crippen molar-refractivity contribution in [3.05, 3.63) is 40.4 Å². The van der Waals surface area contributed by atoms with Crippen LogP contribution in [0.4, 0.5) is 5.13 Å². The molecule has 8 heteroatoms. The third-order valence-corrected chi connectivity index (χ3v) is 8.40. The zero-order chi connectivity index (χ0) is 19.7. The van der Waals surface area contributed by atoms with Gasteiger partial charge in [-0.25, -0.2) is 13.4 Å². The van der Waals surface area contributed by atoms with Crippen LogP contribution in [0.3, 0.4) is 0 Å². The number of carbonyl (C=O) groups excluding carboxylic acids is 1. The van der Waals surface area contributed by atoms with Crippen molar-refractivity contribution in [2.24, 2.45) is 5.92 Å². The molecule has 1 fully saturated rings. The molecule has 2 heterocycles. The average Bonchev–Trinajstić information content (AvgIpc) is 3.12. The second kappa shape index (κ2) is 7.93. The number of thiazole rings is 1. The number of nitrogens with zero attached hydrogens (tertiary/aromatic N) is 2. The van der Waals surface area contributed by atoms with E-state index in [0.29, 0.717) is 36.0 Å². The van der Waals surface area contributed by atoms with Gasteiger partial charge < -0.3 is 5.32 Å². The first-order valence-corrected chi connectivity index (χ1v) is 12.1. The fourth-order valence-corrected chi connectivity index (χ4v) is 6.21. The Hall–Kier alpha value is -1.77. The van der Waals surface area contributed by atoms with Gasteiger partial charge in [0.2, 0.25) is 15.9 Å². The lowest BCUT2D eigenvalue weighted by molar-refractivity contribution is -0.120. The van der Waals surface area contributed by atoms with Crippen LogP contribution in [-0.2, 0) is 27.7 Å². The second-order valence-corrected chi connectivity index (χ2v) is 10.4. The highest BCUT2D eigenvalue weighted by atomic mass is 32.2. The van der Waals surface area contributed by atoms with Crippen molar-refractivity contribution in [2.45, 2.75) is 50.3 Å². The molecule has 0 unspecified atom stereocenters. The van der Waals surface area contributed by atoms with Gasteiger partial charge in [-0.15, -0.1) is 11.3 Å². The minimum atomic E-state index is -3.51. The van der Waals surface area contributed by atoms with Crippen LogP contribution in [0.15, 0.2) is 28.5 Å². The summed E-state index contributed by atoms with van der Waals surface area (Å²) < 4.78 is 27.6. The molecule has 28 heavy (non-hydrogen) atoms. The monoisotopic (exact) mass is 419 g/mol. The van der Waals surface area contributed by atoms with E-state index in [-0.39, 0.29) is 11.8 Å². The van der Waals surface area contributed by atoms with Crippen LogP contribution in [0.5, 0.6) is 0 Å². The first-order valence-electron chi connectivity index (χ1n) is 9.78. The molecule has 0 bridgehead atoms. The average molecular weight is 420 g/mol. The minimum Gasteiger partial charge on any atom is -0.302 e. The quantitative estimate of drug-likeness (QED) is 0.824. The van der Waals surface area contributed by atoms with E-state index in [1.807, 2.05) is 24.4 Å². The van der Waals surface area contributed by atoms with E-state index in [1.165, 1.54) is 33.2 Å². The van der Waals surface area contributed by atoms with Gasteiger partial charge in [0.1, 0.15) is 0 Å². The van der Waals surface area contributed by atoms with Crippen LogP contribution < -0.4 is 5.32 Å². The molecule has 150 valence electrons. The SMILES string of the molecule is Cc1csc(NC(=O)C2CCN(S(=O)(=O)c3ccc4c(c3)CCCC4)CC2)n1. The molecular formula is C20H25N3O3S2. The highest BCUT2D eigenvalue weighted by Crippen LogP contribution is 2.28. The summed E-state index contributed by atoms with van der Waals surface area (Å²) in [5.74, 6) is -0.251. The molecule has 0 atom stereocenters. The first kappa shape index (κ1) is 19.5. The number of aromatic nitrogens is 1. The fourth-order valence-electron chi connectivity index (χ4n) is 4.00. The van der Waals surface area contributed by atoms with Crippen molar-refractivity contribution in [1.29, 1.82) is 0 Å². The van der Waals surface area contributed by atoms with Gasteiger partial charge >= 0.3 is 0 Å². The van der Waals surface area contributed by atoms with Crippen LogP contribution >= 0.6 is 11.3 Å². The molecule has 1 aliphatic heterocycles. The molecule has 4 rings (SSSR count). The third kappa shape index (κ3) is 3.99. The van der Waals surface area contributed by atoms with Crippen LogP contribution in [0, 0.1) is 12.8 Å². The topological polar surface area (TPSA) is 79.4 Å². The summed E-state index contributed by atoms with van der Waals surface area (Å²) in [4.78, 5) is 17.1. The van der Waals surface area contributed by atoms with Crippen molar-refractivity contribution < 1.29 is 13.2 Å². The molecular weight excluding hydrogens is 394 g/mol. The second-order valence-electron chi connectivity index (χ2n) is 7.60. The Kier molecular flexibility index (Phi) is 5.53. The Bertz CT molecular complexity index is 976. The molecule has 1 aromatic heterocycles. The lowest BCUT2D eigenvalue weighted by Gasteiger charge is -2.30. The summed E-state index contributed by atoms with van der Waals surface area (Å²) in [6.07, 6.45) is 5.34. The van der Waals surface area contributed by atoms with Gasteiger partial charge in [-0.05, 0) is 68.7 Å². The number of piperidine rings is 1. The van der Waals surface area contributed by atoms with Crippen molar-refractivity contribution in [3.63, 3.8) is 0 Å². The number of carbonyl (C=O) groups is 1.